The Labute approximate surface area is 166 Å². The highest BCUT2D eigenvalue weighted by molar-refractivity contribution is 6.03. The zero-order valence-corrected chi connectivity index (χ0v) is 15.8. The van der Waals surface area contributed by atoms with Crippen LogP contribution in [0.15, 0.2) is 67.0 Å². The first-order valence-corrected chi connectivity index (χ1v) is 8.85. The number of pyridine rings is 1. The molecule has 0 aliphatic heterocycles. The number of halogens is 1. The second-order valence-corrected chi connectivity index (χ2v) is 6.34. The minimum atomic E-state index is -0.343. The van der Waals surface area contributed by atoms with Crippen LogP contribution in [-0.2, 0) is 0 Å². The fraction of sp³-hybridized carbons (Fsp3) is 0.0909. The molecule has 29 heavy (non-hydrogen) atoms. The second-order valence-electron chi connectivity index (χ2n) is 6.34. The van der Waals surface area contributed by atoms with E-state index in [1.165, 1.54) is 19.2 Å². The van der Waals surface area contributed by atoms with Crippen molar-refractivity contribution in [3.05, 3.63) is 78.5 Å². The van der Waals surface area contributed by atoms with Gasteiger partial charge in [0.2, 0.25) is 0 Å². The molecule has 7 heteroatoms. The molecule has 1 amide bonds. The van der Waals surface area contributed by atoms with Crippen LogP contribution in [0.5, 0.6) is 11.5 Å². The van der Waals surface area contributed by atoms with Gasteiger partial charge in [-0.05, 0) is 47.5 Å². The first kappa shape index (κ1) is 18.5. The number of methoxy groups -OCH3 is 2. The Balaban J connectivity index is 1.59. The standard InChI is InChI=1S/C22H18FN3O3/c1-28-19-9-8-17(11-20(19)29-2)24-22(27)18-13-26-12-15(5-10-21(26)25-18)14-3-6-16(23)7-4-14/h3-13H,1-2H3,(H,24,27). The van der Waals surface area contributed by atoms with Crippen molar-refractivity contribution in [2.75, 3.05) is 19.5 Å². The van der Waals surface area contributed by atoms with Crippen LogP contribution in [0.1, 0.15) is 10.5 Å². The van der Waals surface area contributed by atoms with Crippen LogP contribution in [0.4, 0.5) is 10.1 Å². The number of hydrogen-bond acceptors (Lipinski definition) is 4. The average molecular weight is 391 g/mol. The molecule has 0 saturated heterocycles. The van der Waals surface area contributed by atoms with Gasteiger partial charge in [0, 0.05) is 24.1 Å². The van der Waals surface area contributed by atoms with Crippen LogP contribution in [0, 0.1) is 5.82 Å². The van der Waals surface area contributed by atoms with Crippen molar-refractivity contribution in [2.45, 2.75) is 0 Å². The zero-order chi connectivity index (χ0) is 20.4. The van der Waals surface area contributed by atoms with E-state index in [0.717, 1.165) is 11.1 Å². The topological polar surface area (TPSA) is 64.9 Å². The first-order chi connectivity index (χ1) is 14.1. The van der Waals surface area contributed by atoms with Crippen LogP contribution < -0.4 is 14.8 Å². The maximum Gasteiger partial charge on any atom is 0.275 e. The van der Waals surface area contributed by atoms with Gasteiger partial charge < -0.3 is 19.2 Å². The molecule has 4 aromatic rings. The van der Waals surface area contributed by atoms with Gasteiger partial charge in [0.15, 0.2) is 11.5 Å². The van der Waals surface area contributed by atoms with E-state index in [2.05, 4.69) is 10.3 Å². The molecule has 0 aliphatic rings. The van der Waals surface area contributed by atoms with Crippen molar-refractivity contribution < 1.29 is 18.7 Å². The summed E-state index contributed by atoms with van der Waals surface area (Å²) in [6, 6.07) is 15.0. The number of rotatable bonds is 5. The lowest BCUT2D eigenvalue weighted by atomic mass is 10.1. The van der Waals surface area contributed by atoms with E-state index >= 15 is 0 Å². The molecule has 146 valence electrons. The molecule has 1 N–H and O–H groups in total. The quantitative estimate of drug-likeness (QED) is 0.547. The highest BCUT2D eigenvalue weighted by atomic mass is 19.1. The smallest absolute Gasteiger partial charge is 0.275 e. The molecule has 0 atom stereocenters. The molecule has 0 fully saturated rings. The number of nitrogens with zero attached hydrogens (tertiary/aromatic N) is 2. The third-order valence-corrected chi connectivity index (χ3v) is 4.50. The maximum atomic E-state index is 13.1. The van der Waals surface area contributed by atoms with Crippen molar-refractivity contribution in [1.82, 2.24) is 9.38 Å². The molecule has 2 aromatic carbocycles. The molecule has 6 nitrogen and oxygen atoms in total. The first-order valence-electron chi connectivity index (χ1n) is 8.85. The zero-order valence-electron chi connectivity index (χ0n) is 15.8. The number of ether oxygens (including phenoxy) is 2. The van der Waals surface area contributed by atoms with Crippen LogP contribution in [0.25, 0.3) is 16.8 Å². The van der Waals surface area contributed by atoms with E-state index in [4.69, 9.17) is 9.47 Å². The molecular formula is C22H18FN3O3. The number of nitrogens with one attached hydrogen (secondary N) is 1. The van der Waals surface area contributed by atoms with Crippen LogP contribution in [0.2, 0.25) is 0 Å². The molecular weight excluding hydrogens is 373 g/mol. The third kappa shape index (κ3) is 3.75. The van der Waals surface area contributed by atoms with Crippen molar-refractivity contribution >= 4 is 17.2 Å². The summed E-state index contributed by atoms with van der Waals surface area (Å²) in [5.41, 5.74) is 3.24. The summed E-state index contributed by atoms with van der Waals surface area (Å²) in [5.74, 6) is 0.464. The Kier molecular flexibility index (Phi) is 4.87. The Bertz CT molecular complexity index is 1190. The average Bonchev–Trinajstić information content (AvgIpc) is 3.17. The van der Waals surface area contributed by atoms with E-state index in [-0.39, 0.29) is 17.4 Å². The SMILES string of the molecule is COc1ccc(NC(=O)c2cn3cc(-c4ccc(F)cc4)ccc3n2)cc1OC. The van der Waals surface area contributed by atoms with Crippen molar-refractivity contribution in [3.63, 3.8) is 0 Å². The van der Waals surface area contributed by atoms with Crippen molar-refractivity contribution in [1.29, 1.82) is 0 Å². The largest absolute Gasteiger partial charge is 0.493 e. The predicted molar refractivity (Wildman–Crippen MR) is 108 cm³/mol. The van der Waals surface area contributed by atoms with Gasteiger partial charge in [-0.1, -0.05) is 12.1 Å². The van der Waals surface area contributed by atoms with Crippen LogP contribution >= 0.6 is 0 Å². The Morgan fingerprint density at radius 3 is 2.38 bits per heavy atom. The number of anilines is 1. The number of benzene rings is 2. The van der Waals surface area contributed by atoms with E-state index in [9.17, 15) is 9.18 Å². The minimum Gasteiger partial charge on any atom is -0.493 e. The lowest BCUT2D eigenvalue weighted by Crippen LogP contribution is -2.12. The summed E-state index contributed by atoms with van der Waals surface area (Å²) in [6.07, 6.45) is 3.50. The van der Waals surface area contributed by atoms with E-state index in [0.29, 0.717) is 22.8 Å². The lowest BCUT2D eigenvalue weighted by Gasteiger charge is -2.09. The molecule has 2 heterocycles. The number of carbonyl (C=O) groups excluding carboxylic acids is 1. The van der Waals surface area contributed by atoms with Crippen molar-refractivity contribution in [2.24, 2.45) is 0 Å². The molecule has 4 rings (SSSR count). The molecule has 0 bridgehead atoms. The molecule has 0 aliphatic carbocycles. The summed E-state index contributed by atoms with van der Waals surface area (Å²) in [6.45, 7) is 0. The van der Waals surface area contributed by atoms with Crippen molar-refractivity contribution in [3.8, 4) is 22.6 Å². The normalized spacial score (nSPS) is 10.7. The summed E-state index contributed by atoms with van der Waals surface area (Å²) in [5, 5.41) is 2.81. The van der Waals surface area contributed by atoms with Crippen LogP contribution in [-0.4, -0.2) is 29.5 Å². The summed E-state index contributed by atoms with van der Waals surface area (Å²) >= 11 is 0. The van der Waals surface area contributed by atoms with Gasteiger partial charge in [0.1, 0.15) is 17.2 Å². The maximum absolute atomic E-state index is 13.1. The summed E-state index contributed by atoms with van der Waals surface area (Å²) in [7, 11) is 3.08. The van der Waals surface area contributed by atoms with E-state index in [1.807, 2.05) is 18.3 Å². The Hall–Kier alpha value is -3.87. The fourth-order valence-corrected chi connectivity index (χ4v) is 3.02. The van der Waals surface area contributed by atoms with Gasteiger partial charge in [-0.3, -0.25) is 4.79 Å². The van der Waals surface area contributed by atoms with Gasteiger partial charge in [-0.25, -0.2) is 9.37 Å². The van der Waals surface area contributed by atoms with E-state index < -0.39 is 0 Å². The number of aromatic nitrogens is 2. The Morgan fingerprint density at radius 2 is 1.66 bits per heavy atom. The molecule has 0 radical (unpaired) electrons. The number of carbonyl (C=O) groups is 1. The number of imidazole rings is 1. The molecule has 0 saturated carbocycles. The minimum absolute atomic E-state index is 0.274. The highest BCUT2D eigenvalue weighted by Crippen LogP contribution is 2.30. The molecule has 0 unspecified atom stereocenters. The fourth-order valence-electron chi connectivity index (χ4n) is 3.02. The third-order valence-electron chi connectivity index (χ3n) is 4.50. The lowest BCUT2D eigenvalue weighted by molar-refractivity contribution is 0.102. The van der Waals surface area contributed by atoms with Gasteiger partial charge in [-0.15, -0.1) is 0 Å². The number of fused-ring (bicyclic) bond motifs is 1. The Morgan fingerprint density at radius 1 is 0.931 bits per heavy atom. The molecule has 0 spiro atoms. The predicted octanol–water partition coefficient (Wildman–Crippen LogP) is 4.41. The summed E-state index contributed by atoms with van der Waals surface area (Å²) in [4.78, 5) is 17.0. The highest BCUT2D eigenvalue weighted by Gasteiger charge is 2.13. The summed E-state index contributed by atoms with van der Waals surface area (Å²) < 4.78 is 25.4. The van der Waals surface area contributed by atoms with Gasteiger partial charge in [0.25, 0.3) is 5.91 Å². The molecule has 2 aromatic heterocycles. The van der Waals surface area contributed by atoms with Gasteiger partial charge >= 0.3 is 0 Å². The number of amides is 1. The van der Waals surface area contributed by atoms with Gasteiger partial charge in [-0.2, -0.15) is 0 Å². The monoisotopic (exact) mass is 391 g/mol. The van der Waals surface area contributed by atoms with Crippen LogP contribution in [0.3, 0.4) is 0 Å². The second kappa shape index (κ2) is 7.63. The number of hydrogen-bond donors (Lipinski definition) is 1. The van der Waals surface area contributed by atoms with E-state index in [1.54, 1.807) is 48.0 Å². The van der Waals surface area contributed by atoms with Gasteiger partial charge in [0.05, 0.1) is 14.2 Å².